The number of hydrogen-bond acceptors (Lipinski definition) is 4. The van der Waals surface area contributed by atoms with Crippen molar-refractivity contribution in [3.8, 4) is 0 Å². The topological polar surface area (TPSA) is 76.3 Å². The van der Waals surface area contributed by atoms with Crippen LogP contribution in [0.2, 0.25) is 0 Å². The van der Waals surface area contributed by atoms with Crippen molar-refractivity contribution in [3.63, 3.8) is 0 Å². The van der Waals surface area contributed by atoms with Crippen LogP contribution < -0.4 is 10.6 Å². The third-order valence-electron chi connectivity index (χ3n) is 2.61. The number of piperidine rings is 1. The molecular weight excluding hydrogens is 206 g/mol. The summed E-state index contributed by atoms with van der Waals surface area (Å²) in [6.07, 6.45) is 3.72. The fourth-order valence-corrected chi connectivity index (χ4v) is 1.86. The quantitative estimate of drug-likeness (QED) is 0.713. The lowest BCUT2D eigenvalue weighted by Crippen LogP contribution is -2.43. The van der Waals surface area contributed by atoms with Crippen LogP contribution in [0.3, 0.4) is 0 Å². The third kappa shape index (κ3) is 1.76. The Morgan fingerprint density at radius 3 is 2.56 bits per heavy atom. The molecule has 84 valence electrons. The maximum Gasteiger partial charge on any atom is 0.234 e. The Morgan fingerprint density at radius 1 is 1.38 bits per heavy atom. The molecule has 5 heteroatoms. The van der Waals surface area contributed by atoms with Gasteiger partial charge in [-0.1, -0.05) is 6.92 Å². The SMILES string of the molecule is CC1CC(=O)N(c2ccncc2N)C(=O)C1. The summed E-state index contributed by atoms with van der Waals surface area (Å²) in [6.45, 7) is 1.89. The van der Waals surface area contributed by atoms with Crippen molar-refractivity contribution in [2.75, 3.05) is 10.6 Å². The van der Waals surface area contributed by atoms with Gasteiger partial charge < -0.3 is 5.73 Å². The van der Waals surface area contributed by atoms with Crippen LogP contribution in [0, 0.1) is 5.92 Å². The van der Waals surface area contributed by atoms with E-state index in [4.69, 9.17) is 5.73 Å². The van der Waals surface area contributed by atoms with Crippen LogP contribution in [-0.4, -0.2) is 16.8 Å². The predicted molar refractivity (Wildman–Crippen MR) is 59.5 cm³/mol. The van der Waals surface area contributed by atoms with E-state index >= 15 is 0 Å². The molecule has 2 heterocycles. The van der Waals surface area contributed by atoms with Gasteiger partial charge in [-0.2, -0.15) is 0 Å². The molecule has 0 aromatic carbocycles. The second-order valence-corrected chi connectivity index (χ2v) is 4.07. The average Bonchev–Trinajstić information content (AvgIpc) is 2.19. The standard InChI is InChI=1S/C11H13N3O2/c1-7-4-10(15)14(11(16)5-7)9-2-3-13-6-8(9)12/h2-3,6-7H,4-5,12H2,1H3. The lowest BCUT2D eigenvalue weighted by molar-refractivity contribution is -0.130. The Labute approximate surface area is 93.3 Å². The van der Waals surface area contributed by atoms with Gasteiger partial charge in [-0.05, 0) is 12.0 Å². The number of aromatic nitrogens is 1. The molecule has 1 saturated heterocycles. The van der Waals surface area contributed by atoms with Crippen LogP contribution >= 0.6 is 0 Å². The molecule has 0 spiro atoms. The summed E-state index contributed by atoms with van der Waals surface area (Å²) in [4.78, 5) is 28.6. The highest BCUT2D eigenvalue weighted by molar-refractivity contribution is 6.17. The number of carbonyl (C=O) groups excluding carboxylic acids is 2. The maximum atomic E-state index is 11.8. The highest BCUT2D eigenvalue weighted by atomic mass is 16.2. The first-order chi connectivity index (χ1) is 7.59. The Balaban J connectivity index is 2.37. The molecule has 0 bridgehead atoms. The fraction of sp³-hybridized carbons (Fsp3) is 0.364. The Hall–Kier alpha value is -1.91. The minimum absolute atomic E-state index is 0.110. The number of pyridine rings is 1. The lowest BCUT2D eigenvalue weighted by atomic mass is 9.97. The van der Waals surface area contributed by atoms with Crippen molar-refractivity contribution in [2.24, 2.45) is 5.92 Å². The minimum atomic E-state index is -0.193. The number of rotatable bonds is 1. The van der Waals surface area contributed by atoms with Gasteiger partial charge in [0.1, 0.15) is 0 Å². The van der Waals surface area contributed by atoms with Gasteiger partial charge in [0.05, 0.1) is 17.6 Å². The number of anilines is 2. The van der Waals surface area contributed by atoms with Crippen molar-refractivity contribution in [2.45, 2.75) is 19.8 Å². The molecular formula is C11H13N3O2. The number of carbonyl (C=O) groups is 2. The number of nitrogens with zero attached hydrogens (tertiary/aromatic N) is 2. The molecule has 0 aliphatic carbocycles. The Kier molecular flexibility index (Phi) is 2.60. The molecule has 0 radical (unpaired) electrons. The first kappa shape index (κ1) is 10.6. The number of nitrogens with two attached hydrogens (primary N) is 1. The number of amides is 2. The van der Waals surface area contributed by atoms with Crippen LogP contribution in [0.5, 0.6) is 0 Å². The first-order valence-electron chi connectivity index (χ1n) is 5.15. The number of nitrogen functional groups attached to an aromatic ring is 1. The smallest absolute Gasteiger partial charge is 0.234 e. The highest BCUT2D eigenvalue weighted by Crippen LogP contribution is 2.28. The van der Waals surface area contributed by atoms with Gasteiger partial charge >= 0.3 is 0 Å². The molecule has 2 rings (SSSR count). The molecule has 1 fully saturated rings. The molecule has 0 saturated carbocycles. The highest BCUT2D eigenvalue weighted by Gasteiger charge is 2.32. The largest absolute Gasteiger partial charge is 0.396 e. The molecule has 1 aliphatic heterocycles. The predicted octanol–water partition coefficient (Wildman–Crippen LogP) is 0.953. The van der Waals surface area contributed by atoms with Crippen LogP contribution in [0.15, 0.2) is 18.5 Å². The van der Waals surface area contributed by atoms with Gasteiger partial charge in [0.15, 0.2) is 0 Å². The van der Waals surface area contributed by atoms with E-state index in [1.165, 1.54) is 12.4 Å². The molecule has 2 N–H and O–H groups in total. The lowest BCUT2D eigenvalue weighted by Gasteiger charge is -2.28. The number of imide groups is 1. The molecule has 1 aromatic rings. The fourth-order valence-electron chi connectivity index (χ4n) is 1.86. The summed E-state index contributed by atoms with van der Waals surface area (Å²) in [7, 11) is 0. The van der Waals surface area contributed by atoms with E-state index in [2.05, 4.69) is 4.98 Å². The molecule has 0 atom stereocenters. The van der Waals surface area contributed by atoms with Gasteiger partial charge in [0, 0.05) is 19.0 Å². The van der Waals surface area contributed by atoms with Crippen molar-refractivity contribution < 1.29 is 9.59 Å². The molecule has 1 aliphatic rings. The molecule has 0 unspecified atom stereocenters. The summed E-state index contributed by atoms with van der Waals surface area (Å²) in [5.41, 5.74) is 6.49. The van der Waals surface area contributed by atoms with Crippen molar-refractivity contribution >= 4 is 23.2 Å². The summed E-state index contributed by atoms with van der Waals surface area (Å²) in [5.74, 6) is -0.275. The maximum absolute atomic E-state index is 11.8. The summed E-state index contributed by atoms with van der Waals surface area (Å²) in [6, 6.07) is 1.58. The van der Waals surface area contributed by atoms with Crippen LogP contribution in [0.1, 0.15) is 19.8 Å². The zero-order valence-corrected chi connectivity index (χ0v) is 9.01. The Morgan fingerprint density at radius 2 is 2.00 bits per heavy atom. The van der Waals surface area contributed by atoms with Crippen LogP contribution in [0.4, 0.5) is 11.4 Å². The normalized spacial score (nSPS) is 17.9. The average molecular weight is 219 g/mol. The van der Waals surface area contributed by atoms with Gasteiger partial charge in [0.25, 0.3) is 0 Å². The monoisotopic (exact) mass is 219 g/mol. The van der Waals surface area contributed by atoms with Crippen molar-refractivity contribution in [1.29, 1.82) is 0 Å². The molecule has 1 aromatic heterocycles. The molecule has 16 heavy (non-hydrogen) atoms. The van der Waals surface area contributed by atoms with Crippen LogP contribution in [0.25, 0.3) is 0 Å². The van der Waals surface area contributed by atoms with E-state index in [0.717, 1.165) is 4.90 Å². The zero-order valence-electron chi connectivity index (χ0n) is 9.01. The first-order valence-corrected chi connectivity index (χ1v) is 5.15. The molecule has 2 amide bonds. The van der Waals surface area contributed by atoms with E-state index in [1.54, 1.807) is 6.07 Å². The van der Waals surface area contributed by atoms with Gasteiger partial charge in [-0.25, -0.2) is 4.90 Å². The van der Waals surface area contributed by atoms with E-state index in [0.29, 0.717) is 24.2 Å². The van der Waals surface area contributed by atoms with Gasteiger partial charge in [-0.15, -0.1) is 0 Å². The summed E-state index contributed by atoms with van der Waals surface area (Å²) >= 11 is 0. The van der Waals surface area contributed by atoms with E-state index in [-0.39, 0.29) is 17.7 Å². The van der Waals surface area contributed by atoms with Crippen LogP contribution in [-0.2, 0) is 9.59 Å². The second kappa shape index (κ2) is 3.92. The number of hydrogen-bond donors (Lipinski definition) is 1. The van der Waals surface area contributed by atoms with Crippen molar-refractivity contribution in [3.05, 3.63) is 18.5 Å². The second-order valence-electron chi connectivity index (χ2n) is 4.07. The van der Waals surface area contributed by atoms with Gasteiger partial charge in [-0.3, -0.25) is 14.6 Å². The van der Waals surface area contributed by atoms with Gasteiger partial charge in [0.2, 0.25) is 11.8 Å². The molecule has 5 nitrogen and oxygen atoms in total. The summed E-state index contributed by atoms with van der Waals surface area (Å²) in [5, 5.41) is 0. The summed E-state index contributed by atoms with van der Waals surface area (Å²) < 4.78 is 0. The Bertz CT molecular complexity index is 427. The van der Waals surface area contributed by atoms with E-state index in [9.17, 15) is 9.59 Å². The van der Waals surface area contributed by atoms with Crippen molar-refractivity contribution in [1.82, 2.24) is 4.98 Å². The van der Waals surface area contributed by atoms with E-state index < -0.39 is 0 Å². The van der Waals surface area contributed by atoms with E-state index in [1.807, 2.05) is 6.92 Å². The zero-order chi connectivity index (χ0) is 11.7. The minimum Gasteiger partial charge on any atom is -0.396 e. The third-order valence-corrected chi connectivity index (χ3v) is 2.61.